The Kier molecular flexibility index (Phi) is 3.25. The Balaban J connectivity index is 2.58. The Morgan fingerprint density at radius 3 is 2.44 bits per heavy atom. The lowest BCUT2D eigenvalue weighted by molar-refractivity contribution is 0.375. The van der Waals surface area contributed by atoms with Gasteiger partial charge in [0.2, 0.25) is 5.89 Å². The number of hydrogen-bond donors (Lipinski definition) is 0. The van der Waals surface area contributed by atoms with E-state index in [0.29, 0.717) is 21.6 Å². The molecule has 0 bridgehead atoms. The maximum atomic E-state index is 11.8. The van der Waals surface area contributed by atoms with Crippen molar-refractivity contribution in [3.8, 4) is 5.69 Å². The van der Waals surface area contributed by atoms with E-state index in [-0.39, 0.29) is 5.41 Å². The molecule has 0 aliphatic carbocycles. The molecule has 0 amide bonds. The van der Waals surface area contributed by atoms with Gasteiger partial charge < -0.3 is 4.42 Å². The minimum absolute atomic E-state index is 0.344. The molecule has 0 spiro atoms. The topological polar surface area (TPSA) is 48.0 Å². The molecular formula is C12H12Cl2N2O2. The smallest absolute Gasteiger partial charge is 0.391 e. The minimum Gasteiger partial charge on any atom is -0.391 e. The van der Waals surface area contributed by atoms with Gasteiger partial charge in [-0.25, -0.2) is 4.79 Å². The number of benzene rings is 1. The summed E-state index contributed by atoms with van der Waals surface area (Å²) in [6, 6.07) is 4.82. The first kappa shape index (κ1) is 13.2. The second-order valence-corrected chi connectivity index (χ2v) is 5.77. The highest BCUT2D eigenvalue weighted by Gasteiger charge is 2.23. The first-order valence-electron chi connectivity index (χ1n) is 5.35. The minimum atomic E-state index is -0.566. The molecule has 2 rings (SSSR count). The van der Waals surface area contributed by atoms with E-state index in [1.54, 1.807) is 18.2 Å². The fourth-order valence-electron chi connectivity index (χ4n) is 1.39. The van der Waals surface area contributed by atoms with Crippen LogP contribution in [0.3, 0.4) is 0 Å². The second-order valence-electron chi connectivity index (χ2n) is 4.93. The van der Waals surface area contributed by atoms with E-state index < -0.39 is 5.76 Å². The molecule has 1 aromatic carbocycles. The van der Waals surface area contributed by atoms with Gasteiger partial charge in [-0.05, 0) is 18.2 Å². The lowest BCUT2D eigenvalue weighted by Crippen LogP contribution is -2.14. The maximum Gasteiger partial charge on any atom is 0.442 e. The van der Waals surface area contributed by atoms with Gasteiger partial charge in [0.05, 0.1) is 10.7 Å². The maximum absolute atomic E-state index is 11.8. The van der Waals surface area contributed by atoms with Crippen LogP contribution < -0.4 is 5.76 Å². The van der Waals surface area contributed by atoms with E-state index in [9.17, 15) is 4.79 Å². The molecule has 0 fully saturated rings. The molecule has 0 unspecified atom stereocenters. The first-order chi connectivity index (χ1) is 8.29. The fraction of sp³-hybridized carbons (Fsp3) is 0.333. The monoisotopic (exact) mass is 286 g/mol. The molecule has 0 aliphatic rings. The highest BCUT2D eigenvalue weighted by molar-refractivity contribution is 6.35. The van der Waals surface area contributed by atoms with E-state index in [4.69, 9.17) is 27.6 Å². The summed E-state index contributed by atoms with van der Waals surface area (Å²) >= 11 is 11.8. The van der Waals surface area contributed by atoms with Crippen molar-refractivity contribution in [3.63, 3.8) is 0 Å². The van der Waals surface area contributed by atoms with Crippen molar-refractivity contribution >= 4 is 23.2 Å². The molecular weight excluding hydrogens is 275 g/mol. The quantitative estimate of drug-likeness (QED) is 0.807. The molecule has 1 heterocycles. The summed E-state index contributed by atoms with van der Waals surface area (Å²) in [4.78, 5) is 11.8. The van der Waals surface area contributed by atoms with Crippen molar-refractivity contribution in [2.24, 2.45) is 0 Å². The molecule has 0 saturated heterocycles. The Labute approximate surface area is 114 Å². The number of halogens is 2. The zero-order chi connectivity index (χ0) is 13.5. The van der Waals surface area contributed by atoms with Crippen LogP contribution in [0.5, 0.6) is 0 Å². The molecule has 0 atom stereocenters. The summed E-state index contributed by atoms with van der Waals surface area (Å²) in [7, 11) is 0. The van der Waals surface area contributed by atoms with Gasteiger partial charge in [-0.2, -0.15) is 4.68 Å². The third kappa shape index (κ3) is 2.44. The second kappa shape index (κ2) is 4.44. The van der Waals surface area contributed by atoms with E-state index >= 15 is 0 Å². The van der Waals surface area contributed by atoms with E-state index in [1.807, 2.05) is 20.8 Å². The Hall–Kier alpha value is -1.26. The van der Waals surface area contributed by atoms with E-state index in [0.717, 1.165) is 4.68 Å². The van der Waals surface area contributed by atoms with Gasteiger partial charge in [0, 0.05) is 10.4 Å². The summed E-state index contributed by atoms with van der Waals surface area (Å²) in [5, 5.41) is 4.99. The zero-order valence-corrected chi connectivity index (χ0v) is 11.7. The Bertz CT molecular complexity index is 638. The average molecular weight is 287 g/mol. The molecule has 4 nitrogen and oxygen atoms in total. The third-order valence-corrected chi connectivity index (χ3v) is 2.87. The molecule has 2 aromatic rings. The molecule has 18 heavy (non-hydrogen) atoms. The normalized spacial score (nSPS) is 11.8. The van der Waals surface area contributed by atoms with Crippen LogP contribution in [0.2, 0.25) is 10.0 Å². The van der Waals surface area contributed by atoms with E-state index in [2.05, 4.69) is 5.10 Å². The molecule has 0 saturated carbocycles. The fourth-order valence-corrected chi connectivity index (χ4v) is 1.87. The summed E-state index contributed by atoms with van der Waals surface area (Å²) in [5.74, 6) is -0.206. The lowest BCUT2D eigenvalue weighted by atomic mass is 9.97. The van der Waals surface area contributed by atoms with Crippen molar-refractivity contribution in [1.29, 1.82) is 0 Å². The summed E-state index contributed by atoms with van der Waals surface area (Å²) < 4.78 is 6.26. The van der Waals surface area contributed by atoms with Gasteiger partial charge in [0.1, 0.15) is 0 Å². The van der Waals surface area contributed by atoms with Crippen LogP contribution >= 0.6 is 23.2 Å². The van der Waals surface area contributed by atoms with Crippen molar-refractivity contribution in [2.75, 3.05) is 0 Å². The van der Waals surface area contributed by atoms with Gasteiger partial charge in [-0.1, -0.05) is 44.0 Å². The van der Waals surface area contributed by atoms with Crippen LogP contribution in [0.4, 0.5) is 0 Å². The molecule has 6 heteroatoms. The standard InChI is InChI=1S/C12H12Cl2N2O2/c1-12(2,3)10-15-16(11(17)18-10)9-5-4-7(13)6-8(9)14/h4-6H,1-3H3. The molecule has 0 radical (unpaired) electrons. The lowest BCUT2D eigenvalue weighted by Gasteiger charge is -2.11. The van der Waals surface area contributed by atoms with Crippen molar-refractivity contribution in [3.05, 3.63) is 44.7 Å². The number of aromatic nitrogens is 2. The number of nitrogens with zero attached hydrogens (tertiary/aromatic N) is 2. The van der Waals surface area contributed by atoms with E-state index in [1.165, 1.54) is 0 Å². The molecule has 0 aliphatic heterocycles. The molecule has 96 valence electrons. The SMILES string of the molecule is CC(C)(C)c1nn(-c2ccc(Cl)cc2Cl)c(=O)o1. The highest BCUT2D eigenvalue weighted by Crippen LogP contribution is 2.24. The van der Waals surface area contributed by atoms with Gasteiger partial charge in [0.15, 0.2) is 0 Å². The molecule has 0 N–H and O–H groups in total. The van der Waals surface area contributed by atoms with Crippen LogP contribution in [-0.2, 0) is 5.41 Å². The van der Waals surface area contributed by atoms with Gasteiger partial charge in [-0.15, -0.1) is 5.10 Å². The zero-order valence-electron chi connectivity index (χ0n) is 10.2. The van der Waals surface area contributed by atoms with Crippen molar-refractivity contribution in [2.45, 2.75) is 26.2 Å². The Morgan fingerprint density at radius 2 is 1.94 bits per heavy atom. The summed E-state index contributed by atoms with van der Waals surface area (Å²) in [6.45, 7) is 5.73. The molecule has 1 aromatic heterocycles. The highest BCUT2D eigenvalue weighted by atomic mass is 35.5. The van der Waals surface area contributed by atoms with Gasteiger partial charge in [0.25, 0.3) is 0 Å². The van der Waals surface area contributed by atoms with Crippen molar-refractivity contribution < 1.29 is 4.42 Å². The largest absolute Gasteiger partial charge is 0.442 e. The summed E-state index contributed by atoms with van der Waals surface area (Å²) in [5.41, 5.74) is 0.105. The van der Waals surface area contributed by atoms with Crippen LogP contribution in [-0.4, -0.2) is 9.78 Å². The average Bonchev–Trinajstić information content (AvgIpc) is 2.60. The predicted molar refractivity (Wildman–Crippen MR) is 70.8 cm³/mol. The number of rotatable bonds is 1. The number of hydrogen-bond acceptors (Lipinski definition) is 3. The van der Waals surface area contributed by atoms with Gasteiger partial charge in [-0.3, -0.25) is 0 Å². The first-order valence-corrected chi connectivity index (χ1v) is 6.11. The van der Waals surface area contributed by atoms with Crippen LogP contribution in [0, 0.1) is 0 Å². The van der Waals surface area contributed by atoms with Crippen LogP contribution in [0.25, 0.3) is 5.69 Å². The third-order valence-electron chi connectivity index (χ3n) is 2.33. The van der Waals surface area contributed by atoms with Gasteiger partial charge >= 0.3 is 5.76 Å². The summed E-state index contributed by atoms with van der Waals surface area (Å²) in [6.07, 6.45) is 0. The van der Waals surface area contributed by atoms with Crippen LogP contribution in [0.15, 0.2) is 27.4 Å². The van der Waals surface area contributed by atoms with Crippen LogP contribution in [0.1, 0.15) is 26.7 Å². The predicted octanol–water partition coefficient (Wildman–Crippen LogP) is 3.43. The van der Waals surface area contributed by atoms with Crippen molar-refractivity contribution in [1.82, 2.24) is 9.78 Å². The Morgan fingerprint density at radius 1 is 1.28 bits per heavy atom.